The molecule has 2 aromatic rings. The van der Waals surface area contributed by atoms with Crippen molar-refractivity contribution in [1.82, 2.24) is 4.90 Å². The number of halogens is 2. The highest BCUT2D eigenvalue weighted by Gasteiger charge is 2.44. The summed E-state index contributed by atoms with van der Waals surface area (Å²) in [5, 5.41) is 1.19. The van der Waals surface area contributed by atoms with Gasteiger partial charge in [0, 0.05) is 37.3 Å². The second kappa shape index (κ2) is 6.54. The fourth-order valence-corrected chi connectivity index (χ4v) is 4.54. The Morgan fingerprint density at radius 1 is 1.04 bits per heavy atom. The van der Waals surface area contributed by atoms with E-state index in [1.54, 1.807) is 0 Å². The highest BCUT2D eigenvalue weighted by atomic mass is 35.5. The zero-order valence-corrected chi connectivity index (χ0v) is 15.4. The molecule has 130 valence electrons. The Morgan fingerprint density at radius 2 is 1.80 bits per heavy atom. The van der Waals surface area contributed by atoms with Gasteiger partial charge in [0.2, 0.25) is 6.41 Å². The molecule has 0 N–H and O–H groups in total. The van der Waals surface area contributed by atoms with Gasteiger partial charge in [-0.2, -0.15) is 0 Å². The normalized spacial score (nSPS) is 18.5. The predicted molar refractivity (Wildman–Crippen MR) is 103 cm³/mol. The van der Waals surface area contributed by atoms with Gasteiger partial charge in [0.05, 0.1) is 10.0 Å². The molecule has 25 heavy (non-hydrogen) atoms. The Hall–Kier alpha value is -1.71. The van der Waals surface area contributed by atoms with E-state index >= 15 is 0 Å². The molecule has 2 heterocycles. The smallest absolute Gasteiger partial charge is 0.209 e. The average Bonchev–Trinajstić information content (AvgIpc) is 2.93. The lowest BCUT2D eigenvalue weighted by Crippen LogP contribution is -2.44. The van der Waals surface area contributed by atoms with Crippen molar-refractivity contribution in [2.45, 2.75) is 24.8 Å². The van der Waals surface area contributed by atoms with Crippen LogP contribution in [0, 0.1) is 0 Å². The first kappa shape index (κ1) is 16.7. The summed E-state index contributed by atoms with van der Waals surface area (Å²) >= 11 is 12.2. The van der Waals surface area contributed by atoms with E-state index in [2.05, 4.69) is 29.2 Å². The molecule has 1 saturated heterocycles. The van der Waals surface area contributed by atoms with Crippen molar-refractivity contribution < 1.29 is 4.79 Å². The minimum absolute atomic E-state index is 0.145. The fraction of sp³-hybridized carbons (Fsp3) is 0.350. The maximum atomic E-state index is 11.1. The van der Waals surface area contributed by atoms with Crippen LogP contribution in [0.3, 0.4) is 0 Å². The maximum absolute atomic E-state index is 11.1. The summed E-state index contributed by atoms with van der Waals surface area (Å²) in [5.41, 5.74) is 4.02. The summed E-state index contributed by atoms with van der Waals surface area (Å²) in [6.45, 7) is 3.46. The Morgan fingerprint density at radius 3 is 2.52 bits per heavy atom. The third kappa shape index (κ3) is 3.00. The second-order valence-electron chi connectivity index (χ2n) is 7.04. The minimum Gasteiger partial charge on any atom is -0.366 e. The minimum atomic E-state index is 0.145. The number of likely N-dealkylation sites (tertiary alicyclic amines) is 1. The van der Waals surface area contributed by atoms with Crippen molar-refractivity contribution in [2.75, 3.05) is 24.5 Å². The Labute approximate surface area is 158 Å². The largest absolute Gasteiger partial charge is 0.366 e. The van der Waals surface area contributed by atoms with Gasteiger partial charge < -0.3 is 9.80 Å². The molecule has 5 heteroatoms. The number of anilines is 1. The first-order valence-corrected chi connectivity index (χ1v) is 9.35. The zero-order valence-electron chi connectivity index (χ0n) is 13.9. The summed E-state index contributed by atoms with van der Waals surface area (Å²) in [4.78, 5) is 15.4. The number of rotatable bonds is 3. The molecule has 3 nitrogen and oxygen atoms in total. The van der Waals surface area contributed by atoms with E-state index in [9.17, 15) is 4.79 Å². The summed E-state index contributed by atoms with van der Waals surface area (Å²) in [6.07, 6.45) is 3.00. The maximum Gasteiger partial charge on any atom is 0.209 e. The van der Waals surface area contributed by atoms with Crippen LogP contribution in [0.1, 0.15) is 24.0 Å². The number of fused-ring (bicyclic) bond motifs is 2. The number of piperidine rings is 1. The lowest BCUT2D eigenvalue weighted by atomic mass is 9.74. The lowest BCUT2D eigenvalue weighted by Gasteiger charge is -2.38. The third-order valence-electron chi connectivity index (χ3n) is 5.57. The number of carbonyl (C=O) groups is 1. The van der Waals surface area contributed by atoms with Crippen LogP contribution in [-0.2, 0) is 16.8 Å². The number of hydrogen-bond acceptors (Lipinski definition) is 2. The SMILES string of the molecule is O=CN1CCC2(CC1)CN(Cc1ccc(Cl)c(Cl)c1)c1ccccc12. The quantitative estimate of drug-likeness (QED) is 0.738. The molecule has 0 unspecified atom stereocenters. The Kier molecular flexibility index (Phi) is 4.38. The summed E-state index contributed by atoms with van der Waals surface area (Å²) in [5.74, 6) is 0. The number of hydrogen-bond donors (Lipinski definition) is 0. The number of para-hydroxylation sites is 1. The summed E-state index contributed by atoms with van der Waals surface area (Å²) in [7, 11) is 0. The molecule has 1 fully saturated rings. The van der Waals surface area contributed by atoms with Crippen molar-refractivity contribution in [3.8, 4) is 0 Å². The molecule has 2 aliphatic heterocycles. The van der Waals surface area contributed by atoms with E-state index in [0.29, 0.717) is 10.0 Å². The van der Waals surface area contributed by atoms with E-state index in [-0.39, 0.29) is 5.41 Å². The summed E-state index contributed by atoms with van der Waals surface area (Å²) in [6, 6.07) is 14.5. The number of amides is 1. The van der Waals surface area contributed by atoms with Gasteiger partial charge in [-0.25, -0.2) is 0 Å². The van der Waals surface area contributed by atoms with Crippen LogP contribution in [0.15, 0.2) is 42.5 Å². The lowest BCUT2D eigenvalue weighted by molar-refractivity contribution is -0.119. The predicted octanol–water partition coefficient (Wildman–Crippen LogP) is 4.50. The van der Waals surface area contributed by atoms with Gasteiger partial charge in [0.1, 0.15) is 0 Å². The van der Waals surface area contributed by atoms with Gasteiger partial charge in [-0.3, -0.25) is 4.79 Å². The highest BCUT2D eigenvalue weighted by Crippen LogP contribution is 2.47. The monoisotopic (exact) mass is 374 g/mol. The third-order valence-corrected chi connectivity index (χ3v) is 6.31. The first-order valence-electron chi connectivity index (χ1n) is 8.59. The van der Waals surface area contributed by atoms with Gasteiger partial charge in [-0.05, 0) is 42.2 Å². The molecule has 4 rings (SSSR count). The number of nitrogens with zero attached hydrogens (tertiary/aromatic N) is 2. The Bertz CT molecular complexity index is 800. The standard InChI is InChI=1S/C20H20Cl2N2O/c21-17-6-5-15(11-18(17)22)12-24-13-20(7-9-23(14-25)10-8-20)16-3-1-2-4-19(16)24/h1-6,11,14H,7-10,12-13H2. The van der Waals surface area contributed by atoms with Gasteiger partial charge in [0.25, 0.3) is 0 Å². The van der Waals surface area contributed by atoms with Crippen LogP contribution in [0.4, 0.5) is 5.69 Å². The molecule has 1 amide bonds. The van der Waals surface area contributed by atoms with E-state index in [4.69, 9.17) is 23.2 Å². The molecule has 0 saturated carbocycles. The van der Waals surface area contributed by atoms with Crippen LogP contribution < -0.4 is 4.90 Å². The molecule has 0 radical (unpaired) electrons. The molecule has 2 aliphatic rings. The van der Waals surface area contributed by atoms with Gasteiger partial charge in [0.15, 0.2) is 0 Å². The van der Waals surface area contributed by atoms with Crippen LogP contribution >= 0.6 is 23.2 Å². The average molecular weight is 375 g/mol. The van der Waals surface area contributed by atoms with E-state index in [1.807, 2.05) is 23.1 Å². The molecule has 2 aromatic carbocycles. The molecule has 0 bridgehead atoms. The molecular weight excluding hydrogens is 355 g/mol. The van der Waals surface area contributed by atoms with Crippen molar-refractivity contribution in [2.24, 2.45) is 0 Å². The van der Waals surface area contributed by atoms with Crippen LogP contribution in [0.5, 0.6) is 0 Å². The van der Waals surface area contributed by atoms with Crippen molar-refractivity contribution in [3.63, 3.8) is 0 Å². The highest BCUT2D eigenvalue weighted by molar-refractivity contribution is 6.42. The number of carbonyl (C=O) groups excluding carboxylic acids is 1. The van der Waals surface area contributed by atoms with Crippen LogP contribution in [0.2, 0.25) is 10.0 Å². The van der Waals surface area contributed by atoms with Gasteiger partial charge in [-0.1, -0.05) is 47.5 Å². The molecular formula is C20H20Cl2N2O. The fourth-order valence-electron chi connectivity index (χ4n) is 4.22. The van der Waals surface area contributed by atoms with Crippen LogP contribution in [-0.4, -0.2) is 30.9 Å². The number of benzene rings is 2. The second-order valence-corrected chi connectivity index (χ2v) is 7.86. The van der Waals surface area contributed by atoms with E-state index < -0.39 is 0 Å². The Balaban J connectivity index is 1.62. The van der Waals surface area contributed by atoms with E-state index in [0.717, 1.165) is 51.0 Å². The zero-order chi connectivity index (χ0) is 17.4. The van der Waals surface area contributed by atoms with Crippen molar-refractivity contribution in [3.05, 3.63) is 63.6 Å². The molecule has 1 spiro atoms. The van der Waals surface area contributed by atoms with E-state index in [1.165, 1.54) is 11.3 Å². The van der Waals surface area contributed by atoms with Gasteiger partial charge >= 0.3 is 0 Å². The molecule has 0 atom stereocenters. The topological polar surface area (TPSA) is 23.6 Å². The molecule has 0 aliphatic carbocycles. The molecule has 0 aromatic heterocycles. The van der Waals surface area contributed by atoms with Crippen molar-refractivity contribution >= 4 is 35.3 Å². The van der Waals surface area contributed by atoms with Crippen LogP contribution in [0.25, 0.3) is 0 Å². The van der Waals surface area contributed by atoms with Gasteiger partial charge in [-0.15, -0.1) is 0 Å². The van der Waals surface area contributed by atoms with Crippen molar-refractivity contribution in [1.29, 1.82) is 0 Å². The summed E-state index contributed by atoms with van der Waals surface area (Å²) < 4.78 is 0. The first-order chi connectivity index (χ1) is 12.1.